The van der Waals surface area contributed by atoms with Crippen molar-refractivity contribution in [2.75, 3.05) is 0 Å². The molecule has 1 aromatic carbocycles. The topological polar surface area (TPSA) is 20.3 Å². The molecule has 1 heterocycles. The van der Waals surface area contributed by atoms with Gasteiger partial charge in [-0.2, -0.15) is 0 Å². The highest BCUT2D eigenvalue weighted by atomic mass is 16.2. The van der Waals surface area contributed by atoms with Crippen molar-refractivity contribution in [3.05, 3.63) is 35.9 Å². The SMILES string of the molecule is C[C@@H]1CC(=O)N(Cc2ccccc2)[C@@H]1C. The molecule has 80 valence electrons. The average Bonchev–Trinajstić information content (AvgIpc) is 2.47. The van der Waals surface area contributed by atoms with E-state index >= 15 is 0 Å². The molecule has 1 aliphatic heterocycles. The Morgan fingerprint density at radius 2 is 1.93 bits per heavy atom. The number of carbonyl (C=O) groups is 1. The molecule has 0 spiro atoms. The van der Waals surface area contributed by atoms with Gasteiger partial charge in [0, 0.05) is 19.0 Å². The lowest BCUT2D eigenvalue weighted by molar-refractivity contribution is -0.129. The van der Waals surface area contributed by atoms with Crippen LogP contribution in [-0.2, 0) is 11.3 Å². The third-order valence-corrected chi connectivity index (χ3v) is 3.33. The van der Waals surface area contributed by atoms with Gasteiger partial charge >= 0.3 is 0 Å². The summed E-state index contributed by atoms with van der Waals surface area (Å²) in [5.74, 6) is 0.778. The largest absolute Gasteiger partial charge is 0.335 e. The van der Waals surface area contributed by atoms with Crippen LogP contribution in [0.1, 0.15) is 25.8 Å². The average molecular weight is 203 g/mol. The Hall–Kier alpha value is -1.31. The van der Waals surface area contributed by atoms with E-state index in [0.717, 1.165) is 6.54 Å². The lowest BCUT2D eigenvalue weighted by Crippen LogP contribution is -2.31. The predicted molar refractivity (Wildman–Crippen MR) is 60.2 cm³/mol. The van der Waals surface area contributed by atoms with Crippen LogP contribution in [0.5, 0.6) is 0 Å². The number of carbonyl (C=O) groups excluding carboxylic acids is 1. The maximum atomic E-state index is 11.7. The Balaban J connectivity index is 2.09. The first-order chi connectivity index (χ1) is 7.18. The molecular formula is C13H17NO. The molecule has 2 nitrogen and oxygen atoms in total. The van der Waals surface area contributed by atoms with Gasteiger partial charge < -0.3 is 4.90 Å². The second-order valence-corrected chi connectivity index (χ2v) is 4.43. The number of amides is 1. The summed E-state index contributed by atoms with van der Waals surface area (Å²) in [6, 6.07) is 10.6. The Labute approximate surface area is 90.9 Å². The Morgan fingerprint density at radius 3 is 2.47 bits per heavy atom. The molecule has 1 amide bonds. The molecule has 2 rings (SSSR count). The van der Waals surface area contributed by atoms with Gasteiger partial charge in [-0.15, -0.1) is 0 Å². The zero-order chi connectivity index (χ0) is 10.8. The second-order valence-electron chi connectivity index (χ2n) is 4.43. The standard InChI is InChI=1S/C13H17NO/c1-10-8-13(15)14(11(10)2)9-12-6-4-3-5-7-12/h3-7,10-11H,8-9H2,1-2H3/t10-,11-/m1/s1. The third kappa shape index (κ3) is 2.04. The highest BCUT2D eigenvalue weighted by Crippen LogP contribution is 2.26. The van der Waals surface area contributed by atoms with Crippen LogP contribution in [-0.4, -0.2) is 16.8 Å². The maximum Gasteiger partial charge on any atom is 0.223 e. The van der Waals surface area contributed by atoms with Gasteiger partial charge in [-0.3, -0.25) is 4.79 Å². The van der Waals surface area contributed by atoms with Crippen molar-refractivity contribution < 1.29 is 4.79 Å². The fraction of sp³-hybridized carbons (Fsp3) is 0.462. The van der Waals surface area contributed by atoms with Crippen LogP contribution in [0.4, 0.5) is 0 Å². The van der Waals surface area contributed by atoms with Gasteiger partial charge in [0.1, 0.15) is 0 Å². The van der Waals surface area contributed by atoms with E-state index in [1.165, 1.54) is 5.56 Å². The summed E-state index contributed by atoms with van der Waals surface area (Å²) < 4.78 is 0. The molecule has 0 N–H and O–H groups in total. The fourth-order valence-corrected chi connectivity index (χ4v) is 2.11. The first-order valence-corrected chi connectivity index (χ1v) is 5.52. The molecule has 1 aliphatic rings. The van der Waals surface area contributed by atoms with E-state index < -0.39 is 0 Å². The molecular weight excluding hydrogens is 186 g/mol. The van der Waals surface area contributed by atoms with E-state index in [1.807, 2.05) is 23.1 Å². The number of nitrogens with zero attached hydrogens (tertiary/aromatic N) is 1. The minimum Gasteiger partial charge on any atom is -0.335 e. The van der Waals surface area contributed by atoms with Crippen molar-refractivity contribution in [1.29, 1.82) is 0 Å². The Kier molecular flexibility index (Phi) is 2.76. The Bertz CT molecular complexity index is 347. The van der Waals surface area contributed by atoms with Crippen molar-refractivity contribution in [2.24, 2.45) is 5.92 Å². The summed E-state index contributed by atoms with van der Waals surface area (Å²) in [7, 11) is 0. The van der Waals surface area contributed by atoms with E-state index in [2.05, 4.69) is 26.0 Å². The lowest BCUT2D eigenvalue weighted by Gasteiger charge is -2.23. The Morgan fingerprint density at radius 1 is 1.27 bits per heavy atom. The van der Waals surface area contributed by atoms with Crippen molar-refractivity contribution >= 4 is 5.91 Å². The van der Waals surface area contributed by atoms with Crippen molar-refractivity contribution in [1.82, 2.24) is 4.90 Å². The summed E-state index contributed by atoms with van der Waals surface area (Å²) in [5.41, 5.74) is 1.21. The molecule has 0 bridgehead atoms. The minimum absolute atomic E-state index is 0.291. The first-order valence-electron chi connectivity index (χ1n) is 5.52. The number of hydrogen-bond donors (Lipinski definition) is 0. The number of rotatable bonds is 2. The van der Waals surface area contributed by atoms with E-state index in [-0.39, 0.29) is 0 Å². The zero-order valence-electron chi connectivity index (χ0n) is 9.31. The molecule has 1 fully saturated rings. The summed E-state index contributed by atoms with van der Waals surface area (Å²) >= 11 is 0. The number of hydrogen-bond acceptors (Lipinski definition) is 1. The molecule has 15 heavy (non-hydrogen) atoms. The van der Waals surface area contributed by atoms with E-state index in [1.54, 1.807) is 0 Å². The first kappa shape index (κ1) is 10.2. The van der Waals surface area contributed by atoms with Gasteiger partial charge in [-0.1, -0.05) is 37.3 Å². The minimum atomic E-state index is 0.291. The van der Waals surface area contributed by atoms with Crippen LogP contribution in [0.3, 0.4) is 0 Å². The second kappa shape index (κ2) is 4.05. The molecule has 2 heteroatoms. The molecule has 0 aliphatic carbocycles. The van der Waals surface area contributed by atoms with Crippen LogP contribution in [0, 0.1) is 5.92 Å². The molecule has 1 aromatic rings. The summed E-state index contributed by atoms with van der Waals surface area (Å²) in [5, 5.41) is 0. The zero-order valence-corrected chi connectivity index (χ0v) is 9.31. The van der Waals surface area contributed by atoms with Gasteiger partial charge in [-0.25, -0.2) is 0 Å². The van der Waals surface area contributed by atoms with Gasteiger partial charge in [0.25, 0.3) is 0 Å². The highest BCUT2D eigenvalue weighted by molar-refractivity contribution is 5.79. The third-order valence-electron chi connectivity index (χ3n) is 3.33. The van der Waals surface area contributed by atoms with Crippen molar-refractivity contribution in [3.63, 3.8) is 0 Å². The van der Waals surface area contributed by atoms with E-state index in [9.17, 15) is 4.79 Å². The molecule has 2 atom stereocenters. The molecule has 0 saturated carbocycles. The predicted octanol–water partition coefficient (Wildman–Crippen LogP) is 2.44. The molecule has 0 radical (unpaired) electrons. The maximum absolute atomic E-state index is 11.7. The lowest BCUT2D eigenvalue weighted by atomic mass is 10.0. The van der Waals surface area contributed by atoms with Crippen LogP contribution < -0.4 is 0 Å². The van der Waals surface area contributed by atoms with Gasteiger partial charge in [-0.05, 0) is 18.4 Å². The quantitative estimate of drug-likeness (QED) is 0.723. The van der Waals surface area contributed by atoms with E-state index in [0.29, 0.717) is 24.3 Å². The fourth-order valence-electron chi connectivity index (χ4n) is 2.11. The summed E-state index contributed by atoms with van der Waals surface area (Å²) in [6.45, 7) is 5.04. The highest BCUT2D eigenvalue weighted by Gasteiger charge is 2.33. The van der Waals surface area contributed by atoms with Gasteiger partial charge in [0.05, 0.1) is 0 Å². The molecule has 1 saturated heterocycles. The number of likely N-dealkylation sites (tertiary alicyclic amines) is 1. The van der Waals surface area contributed by atoms with Crippen LogP contribution >= 0.6 is 0 Å². The van der Waals surface area contributed by atoms with Crippen LogP contribution in [0.2, 0.25) is 0 Å². The van der Waals surface area contributed by atoms with Crippen molar-refractivity contribution in [3.8, 4) is 0 Å². The smallest absolute Gasteiger partial charge is 0.223 e. The normalized spacial score (nSPS) is 26.0. The molecule has 0 aromatic heterocycles. The van der Waals surface area contributed by atoms with Crippen LogP contribution in [0.25, 0.3) is 0 Å². The monoisotopic (exact) mass is 203 g/mol. The van der Waals surface area contributed by atoms with Crippen LogP contribution in [0.15, 0.2) is 30.3 Å². The van der Waals surface area contributed by atoms with Crippen molar-refractivity contribution in [2.45, 2.75) is 32.9 Å². The summed E-state index contributed by atoms with van der Waals surface area (Å²) in [4.78, 5) is 13.7. The summed E-state index contributed by atoms with van der Waals surface area (Å²) in [6.07, 6.45) is 0.702. The van der Waals surface area contributed by atoms with Gasteiger partial charge in [0.2, 0.25) is 5.91 Å². The van der Waals surface area contributed by atoms with E-state index in [4.69, 9.17) is 0 Å². The molecule has 0 unspecified atom stereocenters. The van der Waals surface area contributed by atoms with Gasteiger partial charge in [0.15, 0.2) is 0 Å². The number of benzene rings is 1.